The van der Waals surface area contributed by atoms with Crippen LogP contribution in [-0.4, -0.2) is 62.6 Å². The number of aliphatic hydroxyl groups is 2. The maximum absolute atomic E-state index is 12.0. The summed E-state index contributed by atoms with van der Waals surface area (Å²) in [6.45, 7) is 0.0141. The minimum Gasteiger partial charge on any atom is -0.481 e. The number of ether oxygens (including phenoxy) is 1. The van der Waals surface area contributed by atoms with Crippen molar-refractivity contribution in [3.63, 3.8) is 0 Å². The largest absolute Gasteiger partial charge is 0.481 e. The van der Waals surface area contributed by atoms with E-state index in [2.05, 4.69) is 5.32 Å². The van der Waals surface area contributed by atoms with E-state index in [0.717, 1.165) is 6.08 Å². The maximum Gasteiger partial charge on any atom is 0.370 e. The number of carbonyl (C=O) groups is 2. The zero-order valence-electron chi connectivity index (χ0n) is 12.5. The second-order valence-electron chi connectivity index (χ2n) is 5.62. The van der Waals surface area contributed by atoms with E-state index < -0.39 is 29.5 Å². The zero-order valence-corrected chi connectivity index (χ0v) is 13.3. The van der Waals surface area contributed by atoms with E-state index in [1.54, 1.807) is 30.3 Å². The van der Waals surface area contributed by atoms with E-state index in [0.29, 0.717) is 5.56 Å². The Hall–Kier alpha value is -2.03. The Labute approximate surface area is 142 Å². The number of thioether (sulfide) groups is 1. The van der Waals surface area contributed by atoms with Crippen LogP contribution in [0.15, 0.2) is 42.2 Å². The SMILES string of the molecule is O=C(O)C1=C[C@@H](O)C2SC(C(O)CNC(=O)c3ccccc3)C2O1. The second kappa shape index (κ2) is 6.84. The van der Waals surface area contributed by atoms with Crippen molar-refractivity contribution in [2.24, 2.45) is 0 Å². The van der Waals surface area contributed by atoms with Gasteiger partial charge in [0.15, 0.2) is 0 Å². The van der Waals surface area contributed by atoms with Gasteiger partial charge >= 0.3 is 5.97 Å². The minimum atomic E-state index is -1.25. The molecule has 0 bridgehead atoms. The molecule has 0 radical (unpaired) electrons. The van der Waals surface area contributed by atoms with Gasteiger partial charge in [-0.1, -0.05) is 18.2 Å². The van der Waals surface area contributed by atoms with Crippen molar-refractivity contribution in [2.45, 2.75) is 28.8 Å². The van der Waals surface area contributed by atoms with Crippen molar-refractivity contribution < 1.29 is 29.6 Å². The molecule has 0 aliphatic carbocycles. The first-order valence-corrected chi connectivity index (χ1v) is 8.38. The number of benzene rings is 1. The van der Waals surface area contributed by atoms with Gasteiger partial charge < -0.3 is 25.4 Å². The number of carboxylic acid groups (broad SMARTS) is 1. The maximum atomic E-state index is 12.0. The van der Waals surface area contributed by atoms with Crippen LogP contribution in [0.25, 0.3) is 0 Å². The van der Waals surface area contributed by atoms with Crippen LogP contribution in [0.5, 0.6) is 0 Å². The number of rotatable bonds is 5. The Bertz CT molecular complexity index is 664. The average Bonchev–Trinajstić information content (AvgIpc) is 2.55. The van der Waals surface area contributed by atoms with Gasteiger partial charge in [-0.25, -0.2) is 4.79 Å². The summed E-state index contributed by atoms with van der Waals surface area (Å²) in [5, 5.41) is 31.0. The molecule has 1 fully saturated rings. The summed E-state index contributed by atoms with van der Waals surface area (Å²) in [7, 11) is 0. The predicted octanol–water partition coefficient (Wildman–Crippen LogP) is -0.0105. The van der Waals surface area contributed by atoms with Gasteiger partial charge in [-0.15, -0.1) is 11.8 Å². The Morgan fingerprint density at radius 3 is 2.67 bits per heavy atom. The first-order valence-electron chi connectivity index (χ1n) is 7.44. The second-order valence-corrected chi connectivity index (χ2v) is 6.98. The van der Waals surface area contributed by atoms with E-state index in [1.165, 1.54) is 11.8 Å². The highest BCUT2D eigenvalue weighted by Crippen LogP contribution is 2.46. The molecule has 3 rings (SSSR count). The topological polar surface area (TPSA) is 116 Å². The molecule has 1 saturated heterocycles. The van der Waals surface area contributed by atoms with E-state index in [-0.39, 0.29) is 23.5 Å². The van der Waals surface area contributed by atoms with Gasteiger partial charge in [-0.05, 0) is 18.2 Å². The van der Waals surface area contributed by atoms with Gasteiger partial charge in [0, 0.05) is 12.1 Å². The van der Waals surface area contributed by atoms with E-state index in [1.807, 2.05) is 0 Å². The third kappa shape index (κ3) is 3.26. The average molecular weight is 351 g/mol. The van der Waals surface area contributed by atoms with Crippen molar-refractivity contribution in [1.82, 2.24) is 5.32 Å². The number of aliphatic carboxylic acids is 1. The first-order chi connectivity index (χ1) is 11.5. The van der Waals surface area contributed by atoms with Crippen LogP contribution in [0.2, 0.25) is 0 Å². The summed E-state index contributed by atoms with van der Waals surface area (Å²) in [5.74, 6) is -1.86. The van der Waals surface area contributed by atoms with Gasteiger partial charge in [0.1, 0.15) is 6.10 Å². The van der Waals surface area contributed by atoms with E-state index in [9.17, 15) is 19.8 Å². The van der Waals surface area contributed by atoms with Gasteiger partial charge in [-0.2, -0.15) is 0 Å². The summed E-state index contributed by atoms with van der Waals surface area (Å²) >= 11 is 1.32. The quantitative estimate of drug-likeness (QED) is 0.589. The fraction of sp³-hybridized carbons (Fsp3) is 0.375. The van der Waals surface area contributed by atoms with E-state index in [4.69, 9.17) is 9.84 Å². The summed E-state index contributed by atoms with van der Waals surface area (Å²) < 4.78 is 5.35. The molecule has 1 amide bonds. The standard InChI is InChI=1S/C16H17NO6S/c18-9-6-11(16(21)22)23-12-13(9)24-14(12)10(19)7-17-15(20)8-4-2-1-3-5-8/h1-6,9-10,12-14,18-19H,7H2,(H,17,20)(H,21,22)/t9-,10?,12?,13?,14?/m1/s1. The lowest BCUT2D eigenvalue weighted by molar-refractivity contribution is -0.139. The lowest BCUT2D eigenvalue weighted by atomic mass is 9.99. The predicted molar refractivity (Wildman–Crippen MR) is 86.5 cm³/mol. The molecule has 0 spiro atoms. The molecule has 0 saturated carbocycles. The van der Waals surface area contributed by atoms with Gasteiger partial charge in [-0.3, -0.25) is 4.79 Å². The number of amides is 1. The molecule has 4 unspecified atom stereocenters. The molecule has 5 atom stereocenters. The van der Waals surface area contributed by atoms with Gasteiger partial charge in [0.25, 0.3) is 5.91 Å². The number of hydrogen-bond donors (Lipinski definition) is 4. The molecule has 2 aliphatic heterocycles. The summed E-state index contributed by atoms with van der Waals surface area (Å²) in [6.07, 6.45) is -1.27. The van der Waals surface area contributed by atoms with Gasteiger partial charge in [0.2, 0.25) is 5.76 Å². The first kappa shape index (κ1) is 16.8. The van der Waals surface area contributed by atoms with Crippen molar-refractivity contribution >= 4 is 23.6 Å². The van der Waals surface area contributed by atoms with Crippen LogP contribution in [0.4, 0.5) is 0 Å². The molecule has 4 N–H and O–H groups in total. The zero-order chi connectivity index (χ0) is 17.3. The van der Waals surface area contributed by atoms with Crippen molar-refractivity contribution in [2.75, 3.05) is 6.54 Å². The number of aliphatic hydroxyl groups excluding tert-OH is 2. The molecular formula is C16H17NO6S. The smallest absolute Gasteiger partial charge is 0.370 e. The third-order valence-electron chi connectivity index (χ3n) is 3.98. The van der Waals surface area contributed by atoms with Crippen molar-refractivity contribution in [3.05, 3.63) is 47.7 Å². The third-order valence-corrected chi connectivity index (χ3v) is 5.74. The molecule has 2 aliphatic rings. The number of carbonyl (C=O) groups excluding carboxylic acids is 1. The molecule has 1 aromatic carbocycles. The van der Waals surface area contributed by atoms with Crippen molar-refractivity contribution in [1.29, 1.82) is 0 Å². The minimum absolute atomic E-state index is 0.0141. The Kier molecular flexibility index (Phi) is 4.79. The van der Waals surface area contributed by atoms with Gasteiger partial charge in [0.05, 0.1) is 22.7 Å². The number of hydrogen-bond acceptors (Lipinski definition) is 6. The Balaban J connectivity index is 1.56. The molecule has 0 aromatic heterocycles. The normalized spacial score (nSPS) is 29.3. The van der Waals surface area contributed by atoms with Crippen LogP contribution in [-0.2, 0) is 9.53 Å². The van der Waals surface area contributed by atoms with Crippen molar-refractivity contribution in [3.8, 4) is 0 Å². The highest BCUT2D eigenvalue weighted by atomic mass is 32.2. The summed E-state index contributed by atoms with van der Waals surface area (Å²) in [5.41, 5.74) is 0.490. The number of carboxylic acids is 1. The van der Waals surface area contributed by atoms with Crippen LogP contribution in [0.3, 0.4) is 0 Å². The lowest BCUT2D eigenvalue weighted by Crippen LogP contribution is -2.60. The summed E-state index contributed by atoms with van der Waals surface area (Å²) in [6, 6.07) is 8.63. The van der Waals surface area contributed by atoms with Crippen LogP contribution < -0.4 is 5.32 Å². The van der Waals surface area contributed by atoms with E-state index >= 15 is 0 Å². The van der Waals surface area contributed by atoms with Crippen LogP contribution >= 0.6 is 11.8 Å². The molecule has 7 nitrogen and oxygen atoms in total. The van der Waals surface area contributed by atoms with Crippen LogP contribution in [0, 0.1) is 0 Å². The highest BCUT2D eigenvalue weighted by molar-refractivity contribution is 8.02. The molecule has 128 valence electrons. The number of nitrogens with one attached hydrogen (secondary N) is 1. The fourth-order valence-electron chi connectivity index (χ4n) is 2.71. The molecule has 1 aromatic rings. The molecule has 8 heteroatoms. The monoisotopic (exact) mass is 351 g/mol. The highest BCUT2D eigenvalue weighted by Gasteiger charge is 2.53. The Morgan fingerprint density at radius 2 is 2.00 bits per heavy atom. The van der Waals surface area contributed by atoms with Crippen LogP contribution in [0.1, 0.15) is 10.4 Å². The fourth-order valence-corrected chi connectivity index (χ4v) is 4.08. The Morgan fingerprint density at radius 1 is 1.29 bits per heavy atom. The lowest BCUT2D eigenvalue weighted by Gasteiger charge is -2.49. The molecule has 24 heavy (non-hydrogen) atoms. The molecule has 2 heterocycles. The number of fused-ring (bicyclic) bond motifs is 1. The summed E-state index contributed by atoms with van der Waals surface area (Å²) in [4.78, 5) is 23.0. The molecular weight excluding hydrogens is 334 g/mol.